The van der Waals surface area contributed by atoms with Crippen LogP contribution < -0.4 is 5.32 Å². The van der Waals surface area contributed by atoms with Gasteiger partial charge in [0.2, 0.25) is 5.91 Å². The van der Waals surface area contributed by atoms with E-state index in [0.717, 1.165) is 57.8 Å². The molecule has 1 heterocycles. The van der Waals surface area contributed by atoms with Crippen LogP contribution >= 0.6 is 0 Å². The highest BCUT2D eigenvalue weighted by Crippen LogP contribution is 2.23. The van der Waals surface area contributed by atoms with Crippen LogP contribution in [-0.2, 0) is 23.8 Å². The highest BCUT2D eigenvalue weighted by Gasteiger charge is 2.44. The zero-order chi connectivity index (χ0) is 55.9. The Kier molecular flexibility index (Phi) is 53.2. The number of aliphatic hydroxyl groups excluding tert-OH is 5. The van der Waals surface area contributed by atoms with Crippen LogP contribution in [0.15, 0.2) is 24.3 Å². The summed E-state index contributed by atoms with van der Waals surface area (Å²) in [5.41, 5.74) is 0. The SMILES string of the molecule is CCCCCCCCCCC/C=C/C(O)C(COC1OC(CO)C(O)C(O)C1O)NC(=O)CCCCCCCCCCCCC/C=C\CCCCCCCCCCCCCCOC(=O)CCCCCCCCCCCCC. The molecule has 0 aromatic heterocycles. The second kappa shape index (κ2) is 56.0. The third-order valence-electron chi connectivity index (χ3n) is 15.8. The van der Waals surface area contributed by atoms with Gasteiger partial charge in [0.25, 0.3) is 0 Å². The van der Waals surface area contributed by atoms with E-state index in [1.54, 1.807) is 6.08 Å². The number of nitrogens with one attached hydrogen (secondary N) is 1. The van der Waals surface area contributed by atoms with Gasteiger partial charge in [-0.1, -0.05) is 276 Å². The predicted molar refractivity (Wildman–Crippen MR) is 320 cm³/mol. The van der Waals surface area contributed by atoms with E-state index in [2.05, 4.69) is 31.3 Å². The fourth-order valence-corrected chi connectivity index (χ4v) is 10.5. The van der Waals surface area contributed by atoms with Gasteiger partial charge >= 0.3 is 5.97 Å². The van der Waals surface area contributed by atoms with Crippen molar-refractivity contribution in [3.05, 3.63) is 24.3 Å². The van der Waals surface area contributed by atoms with Crippen molar-refractivity contribution in [3.8, 4) is 0 Å². The topological polar surface area (TPSA) is 175 Å². The van der Waals surface area contributed by atoms with Gasteiger partial charge in [-0.05, 0) is 57.8 Å². The maximum atomic E-state index is 13.0. The van der Waals surface area contributed by atoms with Crippen LogP contribution in [0.4, 0.5) is 0 Å². The molecule has 11 nitrogen and oxygen atoms in total. The standard InChI is InChI=1S/C66H125NO10/c1-3-5-7-9-11-13-32-36-40-44-48-52-59(69)58(57-76-66-65(74)64(73)63(72)60(56-68)77-66)67-61(70)53-49-45-41-37-34-30-28-26-24-22-20-18-16-15-17-19-21-23-25-27-29-31-35-39-43-47-51-55-75-62(71)54-50-46-42-38-33-14-12-10-8-6-4-2/h15-16,48,52,58-60,63-66,68-69,72-74H,3-14,17-47,49-51,53-57H2,1-2H3,(H,67,70)/b16-15-,52-48+. The monoisotopic (exact) mass is 1090 g/mol. The van der Waals surface area contributed by atoms with Gasteiger partial charge in [-0.3, -0.25) is 9.59 Å². The highest BCUT2D eigenvalue weighted by atomic mass is 16.7. The molecule has 454 valence electrons. The normalized spacial score (nSPS) is 18.7. The van der Waals surface area contributed by atoms with Crippen molar-refractivity contribution >= 4 is 11.9 Å². The largest absolute Gasteiger partial charge is 0.466 e. The molecule has 0 aliphatic carbocycles. The summed E-state index contributed by atoms with van der Waals surface area (Å²) in [4.78, 5) is 25.0. The number of allylic oxidation sites excluding steroid dienone is 3. The number of rotatable bonds is 58. The second-order valence-corrected chi connectivity index (χ2v) is 23.2. The molecule has 1 saturated heterocycles. The second-order valence-electron chi connectivity index (χ2n) is 23.2. The summed E-state index contributed by atoms with van der Waals surface area (Å²) in [6.45, 7) is 4.35. The molecule has 0 saturated carbocycles. The van der Waals surface area contributed by atoms with E-state index in [4.69, 9.17) is 14.2 Å². The van der Waals surface area contributed by atoms with E-state index in [9.17, 15) is 35.1 Å². The lowest BCUT2D eigenvalue weighted by atomic mass is 9.99. The molecule has 1 rings (SSSR count). The quantitative estimate of drug-likeness (QED) is 0.0195. The lowest BCUT2D eigenvalue weighted by Gasteiger charge is -2.40. The maximum absolute atomic E-state index is 13.0. The van der Waals surface area contributed by atoms with Crippen LogP contribution in [0.5, 0.6) is 0 Å². The molecule has 77 heavy (non-hydrogen) atoms. The third-order valence-corrected chi connectivity index (χ3v) is 15.8. The van der Waals surface area contributed by atoms with Gasteiger partial charge in [0, 0.05) is 12.8 Å². The number of amides is 1. The minimum atomic E-state index is -1.57. The first-order valence-electron chi connectivity index (χ1n) is 33.1. The molecule has 0 bridgehead atoms. The average molecular weight is 1090 g/mol. The summed E-state index contributed by atoms with van der Waals surface area (Å²) in [7, 11) is 0. The fraction of sp³-hybridized carbons (Fsp3) is 0.909. The van der Waals surface area contributed by atoms with Crippen LogP contribution in [-0.4, -0.2) is 100 Å². The van der Waals surface area contributed by atoms with E-state index in [0.29, 0.717) is 19.4 Å². The van der Waals surface area contributed by atoms with Gasteiger partial charge in [-0.15, -0.1) is 0 Å². The van der Waals surface area contributed by atoms with E-state index in [-0.39, 0.29) is 18.5 Å². The summed E-state index contributed by atoms with van der Waals surface area (Å²) in [6.07, 6.45) is 58.7. The minimum Gasteiger partial charge on any atom is -0.466 e. The first-order valence-corrected chi connectivity index (χ1v) is 33.1. The van der Waals surface area contributed by atoms with Gasteiger partial charge in [-0.25, -0.2) is 0 Å². The van der Waals surface area contributed by atoms with E-state index < -0.39 is 49.5 Å². The number of esters is 1. The van der Waals surface area contributed by atoms with Crippen LogP contribution in [0, 0.1) is 0 Å². The van der Waals surface area contributed by atoms with Crippen LogP contribution in [0.3, 0.4) is 0 Å². The van der Waals surface area contributed by atoms with Gasteiger partial charge in [0.05, 0.1) is 32.0 Å². The van der Waals surface area contributed by atoms with Gasteiger partial charge in [0.1, 0.15) is 24.4 Å². The summed E-state index contributed by atoms with van der Waals surface area (Å²) in [5.74, 6) is -0.176. The molecular weight excluding hydrogens is 967 g/mol. The molecule has 0 aromatic rings. The lowest BCUT2D eigenvalue weighted by molar-refractivity contribution is -0.302. The summed E-state index contributed by atoms with van der Waals surface area (Å²) in [6, 6.07) is -0.809. The number of hydrogen-bond acceptors (Lipinski definition) is 10. The Labute approximate surface area is 473 Å². The Morgan fingerprint density at radius 2 is 0.831 bits per heavy atom. The maximum Gasteiger partial charge on any atom is 0.305 e. The smallest absolute Gasteiger partial charge is 0.305 e. The summed E-state index contributed by atoms with van der Waals surface area (Å²) >= 11 is 0. The van der Waals surface area contributed by atoms with Gasteiger partial charge in [-0.2, -0.15) is 0 Å². The minimum absolute atomic E-state index is 0.00552. The van der Waals surface area contributed by atoms with Gasteiger partial charge in [0.15, 0.2) is 6.29 Å². The van der Waals surface area contributed by atoms with Crippen molar-refractivity contribution in [2.75, 3.05) is 19.8 Å². The fourth-order valence-electron chi connectivity index (χ4n) is 10.5. The molecule has 1 fully saturated rings. The van der Waals surface area contributed by atoms with Crippen LogP contribution in [0.2, 0.25) is 0 Å². The number of ether oxygens (including phenoxy) is 3. The van der Waals surface area contributed by atoms with Crippen LogP contribution in [0.25, 0.3) is 0 Å². The zero-order valence-corrected chi connectivity index (χ0v) is 50.2. The molecule has 0 radical (unpaired) electrons. The van der Waals surface area contributed by atoms with Crippen molar-refractivity contribution < 1.29 is 49.3 Å². The third kappa shape index (κ3) is 45.4. The summed E-state index contributed by atoms with van der Waals surface area (Å²) in [5, 5.41) is 54.4. The molecule has 1 aliphatic heterocycles. The Bertz CT molecular complexity index is 1330. The van der Waals surface area contributed by atoms with Crippen molar-refractivity contribution in [3.63, 3.8) is 0 Å². The van der Waals surface area contributed by atoms with Crippen molar-refractivity contribution in [1.82, 2.24) is 5.32 Å². The van der Waals surface area contributed by atoms with Crippen molar-refractivity contribution in [2.45, 2.75) is 365 Å². The molecule has 1 amide bonds. The molecule has 6 N–H and O–H groups in total. The average Bonchev–Trinajstić information content (AvgIpc) is 3.43. The highest BCUT2D eigenvalue weighted by molar-refractivity contribution is 5.76. The van der Waals surface area contributed by atoms with Gasteiger partial charge < -0.3 is 45.1 Å². The molecule has 0 spiro atoms. The lowest BCUT2D eigenvalue weighted by Crippen LogP contribution is -2.60. The number of carbonyl (C=O) groups excluding carboxylic acids is 2. The van der Waals surface area contributed by atoms with E-state index in [1.807, 2.05) is 6.08 Å². The first kappa shape index (κ1) is 73.2. The van der Waals surface area contributed by atoms with Crippen LogP contribution in [0.1, 0.15) is 322 Å². The Balaban J connectivity index is 1.99. The number of aliphatic hydroxyl groups is 5. The predicted octanol–water partition coefficient (Wildman–Crippen LogP) is 16.1. The molecule has 0 aromatic carbocycles. The van der Waals surface area contributed by atoms with E-state index in [1.165, 1.54) is 238 Å². The summed E-state index contributed by atoms with van der Waals surface area (Å²) < 4.78 is 16.7. The number of unbranched alkanes of at least 4 members (excludes halogenated alkanes) is 42. The van der Waals surface area contributed by atoms with Crippen molar-refractivity contribution in [2.24, 2.45) is 0 Å². The molecular formula is C66H125NO10. The molecule has 1 aliphatic rings. The number of carbonyl (C=O) groups is 2. The first-order chi connectivity index (χ1) is 37.7. The zero-order valence-electron chi connectivity index (χ0n) is 50.2. The Morgan fingerprint density at radius 1 is 0.468 bits per heavy atom. The van der Waals surface area contributed by atoms with E-state index >= 15 is 0 Å². The molecule has 7 unspecified atom stereocenters. The number of hydrogen-bond donors (Lipinski definition) is 6. The molecule has 7 atom stereocenters. The Morgan fingerprint density at radius 3 is 1.25 bits per heavy atom. The Hall–Kier alpha value is -1.86. The molecule has 11 heteroatoms. The van der Waals surface area contributed by atoms with Crippen molar-refractivity contribution in [1.29, 1.82) is 0 Å².